The fourth-order valence-electron chi connectivity index (χ4n) is 2.00. The Morgan fingerprint density at radius 3 is 2.18 bits per heavy atom. The van der Waals surface area contributed by atoms with Gasteiger partial charge >= 0.3 is 0 Å². The van der Waals surface area contributed by atoms with E-state index in [0.717, 1.165) is 0 Å². The molecule has 0 saturated heterocycles. The molecule has 4 radical (unpaired) electrons. The Morgan fingerprint density at radius 1 is 0.824 bits per heavy atom. The Kier molecular flexibility index (Phi) is 5.71. The van der Waals surface area contributed by atoms with E-state index >= 15 is 0 Å². The lowest BCUT2D eigenvalue weighted by Gasteiger charge is -2.08. The van der Waals surface area contributed by atoms with Gasteiger partial charge in [-0.25, -0.2) is 0 Å². The molecule has 0 amide bonds. The maximum Gasteiger partial charge on any atom is 0 e. The molecule has 0 unspecified atom stereocenters. The summed E-state index contributed by atoms with van der Waals surface area (Å²) in [7, 11) is 0. The minimum Gasteiger partial charge on any atom is -0.0654 e. The first-order valence-electron chi connectivity index (χ1n) is 6.05. The first kappa shape index (κ1) is 13.7. The van der Waals surface area contributed by atoms with E-state index in [4.69, 9.17) is 0 Å². The molecule has 0 spiro atoms. The van der Waals surface area contributed by atoms with E-state index in [1.165, 1.54) is 36.0 Å². The van der Waals surface area contributed by atoms with Crippen molar-refractivity contribution in [3.63, 3.8) is 0 Å². The van der Waals surface area contributed by atoms with Crippen molar-refractivity contribution in [1.82, 2.24) is 0 Å². The molecular weight excluding hydrogens is 220 g/mol. The summed E-state index contributed by atoms with van der Waals surface area (Å²) in [5.41, 5.74) is 4.18. The molecule has 17 heavy (non-hydrogen) atoms. The third kappa shape index (κ3) is 3.57. The lowest BCUT2D eigenvalue weighted by atomic mass is 9.96. The molecule has 0 fully saturated rings. The van der Waals surface area contributed by atoms with Crippen LogP contribution in [0.2, 0.25) is 0 Å². The third-order valence-corrected chi connectivity index (χ3v) is 2.90. The zero-order valence-electron chi connectivity index (χ0n) is 10.3. The zero-order chi connectivity index (χ0) is 11.2. The maximum absolute atomic E-state index is 2.25. The van der Waals surface area contributed by atoms with Gasteiger partial charge in [-0.15, -0.1) is 0 Å². The van der Waals surface area contributed by atoms with Crippen molar-refractivity contribution in [3.05, 3.63) is 60.2 Å². The van der Waals surface area contributed by atoms with Crippen LogP contribution in [0.5, 0.6) is 0 Å². The van der Waals surface area contributed by atoms with Crippen LogP contribution in [0.4, 0.5) is 0 Å². The number of rotatable bonds is 4. The minimum atomic E-state index is 0. The van der Waals surface area contributed by atoms with Crippen molar-refractivity contribution < 1.29 is 0 Å². The Bertz CT molecular complexity index is 434. The molecule has 0 aliphatic carbocycles. The Labute approximate surface area is 109 Å². The fraction of sp³-hybridized carbons (Fsp3) is 0.250. The van der Waals surface area contributed by atoms with E-state index in [-0.39, 0.29) is 11.0 Å². The van der Waals surface area contributed by atoms with Crippen molar-refractivity contribution in [2.45, 2.75) is 26.2 Å². The van der Waals surface area contributed by atoms with Crippen LogP contribution in [0.1, 0.15) is 25.3 Å². The summed E-state index contributed by atoms with van der Waals surface area (Å²) in [5.74, 6) is 0. The van der Waals surface area contributed by atoms with Gasteiger partial charge in [0, 0.05) is 11.0 Å². The molecule has 0 aliphatic heterocycles. The van der Waals surface area contributed by atoms with E-state index in [2.05, 4.69) is 61.5 Å². The maximum atomic E-state index is 2.25. The highest BCUT2D eigenvalue weighted by Gasteiger charge is 2.02. The molecule has 2 rings (SSSR count). The van der Waals surface area contributed by atoms with Gasteiger partial charge in [0.2, 0.25) is 0 Å². The second-order valence-electron chi connectivity index (χ2n) is 4.13. The highest BCUT2D eigenvalue weighted by molar-refractivity contribution is 5.75. The summed E-state index contributed by atoms with van der Waals surface area (Å²) in [6.45, 7) is 2.24. The number of benzene rings is 2. The summed E-state index contributed by atoms with van der Waals surface area (Å²) >= 11 is 0. The number of unbranched alkanes of at least 4 members (excludes halogenated alkanes) is 1. The minimum absolute atomic E-state index is 0. The predicted octanol–water partition coefficient (Wildman–Crippen LogP) is 4.32. The van der Waals surface area contributed by atoms with Crippen molar-refractivity contribution in [2.75, 3.05) is 0 Å². The second-order valence-corrected chi connectivity index (χ2v) is 4.13. The number of aryl methyl sites for hydroxylation is 1. The molecular formula is C16H18Si. The van der Waals surface area contributed by atoms with Gasteiger partial charge in [0.15, 0.2) is 0 Å². The SMILES string of the molecule is CCCCc1ccccc1-c1ccccc1.[Si]. The average Bonchev–Trinajstić information content (AvgIpc) is 2.38. The van der Waals surface area contributed by atoms with Crippen molar-refractivity contribution in [2.24, 2.45) is 0 Å². The molecule has 0 nitrogen and oxygen atoms in total. The summed E-state index contributed by atoms with van der Waals surface area (Å²) in [6.07, 6.45) is 3.70. The highest BCUT2D eigenvalue weighted by atomic mass is 28.1. The van der Waals surface area contributed by atoms with Crippen LogP contribution in [0.3, 0.4) is 0 Å². The van der Waals surface area contributed by atoms with Gasteiger partial charge in [-0.2, -0.15) is 0 Å². The fourth-order valence-corrected chi connectivity index (χ4v) is 2.00. The molecule has 1 heteroatoms. The topological polar surface area (TPSA) is 0 Å². The summed E-state index contributed by atoms with van der Waals surface area (Å²) in [6, 6.07) is 19.4. The largest absolute Gasteiger partial charge is 0.0654 e. The van der Waals surface area contributed by atoms with Crippen LogP contribution in [-0.4, -0.2) is 11.0 Å². The van der Waals surface area contributed by atoms with Crippen LogP contribution < -0.4 is 0 Å². The zero-order valence-corrected chi connectivity index (χ0v) is 11.3. The van der Waals surface area contributed by atoms with E-state index in [0.29, 0.717) is 0 Å². The van der Waals surface area contributed by atoms with Crippen molar-refractivity contribution in [3.8, 4) is 11.1 Å². The molecule has 0 heterocycles. The van der Waals surface area contributed by atoms with Gasteiger partial charge in [0.1, 0.15) is 0 Å². The highest BCUT2D eigenvalue weighted by Crippen LogP contribution is 2.24. The standard InChI is InChI=1S/C16H18.Si/c1-2-3-9-14-12-7-8-13-16(14)15-10-5-4-6-11-15;/h4-8,10-13H,2-3,9H2,1H3;. The van der Waals surface area contributed by atoms with Crippen molar-refractivity contribution in [1.29, 1.82) is 0 Å². The summed E-state index contributed by atoms with van der Waals surface area (Å²) in [5, 5.41) is 0. The van der Waals surface area contributed by atoms with Crippen LogP contribution in [0, 0.1) is 0 Å². The van der Waals surface area contributed by atoms with E-state index in [1.807, 2.05) is 0 Å². The van der Waals surface area contributed by atoms with Gasteiger partial charge in [0.05, 0.1) is 0 Å². The Hall–Kier alpha value is -1.34. The van der Waals surface area contributed by atoms with Gasteiger partial charge in [-0.1, -0.05) is 67.9 Å². The molecule has 2 aromatic rings. The van der Waals surface area contributed by atoms with Gasteiger partial charge in [0.25, 0.3) is 0 Å². The lowest BCUT2D eigenvalue weighted by Crippen LogP contribution is -1.89. The lowest BCUT2D eigenvalue weighted by molar-refractivity contribution is 0.796. The first-order chi connectivity index (χ1) is 7.92. The molecule has 0 aromatic heterocycles. The Balaban J connectivity index is 0.00000144. The van der Waals surface area contributed by atoms with Crippen LogP contribution in [0.15, 0.2) is 54.6 Å². The van der Waals surface area contributed by atoms with Crippen LogP contribution >= 0.6 is 0 Å². The molecule has 86 valence electrons. The molecule has 0 atom stereocenters. The molecule has 0 N–H and O–H groups in total. The van der Waals surface area contributed by atoms with E-state index in [9.17, 15) is 0 Å². The van der Waals surface area contributed by atoms with Gasteiger partial charge < -0.3 is 0 Å². The molecule has 0 saturated carbocycles. The van der Waals surface area contributed by atoms with Gasteiger partial charge in [-0.3, -0.25) is 0 Å². The average molecular weight is 238 g/mol. The summed E-state index contributed by atoms with van der Waals surface area (Å²) in [4.78, 5) is 0. The number of hydrogen-bond acceptors (Lipinski definition) is 0. The smallest absolute Gasteiger partial charge is 0 e. The predicted molar refractivity (Wildman–Crippen MR) is 76.2 cm³/mol. The molecule has 2 aromatic carbocycles. The quantitative estimate of drug-likeness (QED) is 0.696. The number of hydrogen-bond donors (Lipinski definition) is 0. The molecule has 0 aliphatic rings. The second kappa shape index (κ2) is 7.07. The van der Waals surface area contributed by atoms with Crippen LogP contribution in [0.25, 0.3) is 11.1 Å². The van der Waals surface area contributed by atoms with E-state index < -0.39 is 0 Å². The first-order valence-corrected chi connectivity index (χ1v) is 6.05. The van der Waals surface area contributed by atoms with Crippen LogP contribution in [-0.2, 0) is 6.42 Å². The molecule has 0 bridgehead atoms. The van der Waals surface area contributed by atoms with Crippen molar-refractivity contribution >= 4 is 11.0 Å². The third-order valence-electron chi connectivity index (χ3n) is 2.90. The summed E-state index contributed by atoms with van der Waals surface area (Å²) < 4.78 is 0. The Morgan fingerprint density at radius 2 is 1.47 bits per heavy atom. The normalized spacial score (nSPS) is 9.71. The monoisotopic (exact) mass is 238 g/mol. The van der Waals surface area contributed by atoms with E-state index in [1.54, 1.807) is 0 Å². The van der Waals surface area contributed by atoms with Gasteiger partial charge in [-0.05, 0) is 29.5 Å².